The maximum absolute atomic E-state index is 12.4. The third-order valence-electron chi connectivity index (χ3n) is 3.92. The number of rotatable bonds is 7. The number of hydrogen-bond donors (Lipinski definition) is 5. The summed E-state index contributed by atoms with van der Waals surface area (Å²) in [6.45, 7) is 0.498. The van der Waals surface area contributed by atoms with Crippen molar-refractivity contribution in [1.29, 1.82) is 0 Å². The number of amides is 4. The summed E-state index contributed by atoms with van der Waals surface area (Å²) >= 11 is 0. The van der Waals surface area contributed by atoms with E-state index in [9.17, 15) is 14.4 Å². The normalized spacial score (nSPS) is 17.3. The van der Waals surface area contributed by atoms with Crippen molar-refractivity contribution in [1.82, 2.24) is 20.4 Å². The average Bonchev–Trinajstić information content (AvgIpc) is 2.58. The number of aliphatic imine (C=N–C) groups is 2. The standard InChI is InChI=1S/C15H29N9O3/c1-23(2)15(27)22-14-20-8-10(12(26)21-14)24(3)11(25)7-9(16)5-4-6-19-13(17)18/h9-10H,4-8,16H2,1-3H3,(H4,17,18,19)(H2,20,21,22,26,27)/t9-,10?/m0/s1. The minimum atomic E-state index is -0.758. The number of carbonyl (C=O) groups is 3. The van der Waals surface area contributed by atoms with Gasteiger partial charge in [0.25, 0.3) is 5.91 Å². The van der Waals surface area contributed by atoms with E-state index < -0.39 is 18.0 Å². The fourth-order valence-electron chi connectivity index (χ4n) is 2.29. The summed E-state index contributed by atoms with van der Waals surface area (Å²) < 4.78 is 0. The Morgan fingerprint density at radius 1 is 1.37 bits per heavy atom. The summed E-state index contributed by atoms with van der Waals surface area (Å²) in [5.74, 6) is -0.603. The Balaban J connectivity index is 2.51. The summed E-state index contributed by atoms with van der Waals surface area (Å²) in [4.78, 5) is 46.8. The van der Waals surface area contributed by atoms with Crippen molar-refractivity contribution < 1.29 is 14.4 Å². The van der Waals surface area contributed by atoms with Crippen molar-refractivity contribution in [3.05, 3.63) is 0 Å². The van der Waals surface area contributed by atoms with E-state index in [1.165, 1.54) is 16.8 Å². The molecule has 0 spiro atoms. The van der Waals surface area contributed by atoms with E-state index in [-0.39, 0.29) is 36.8 Å². The summed E-state index contributed by atoms with van der Waals surface area (Å²) in [6, 6.07) is -1.53. The van der Waals surface area contributed by atoms with Gasteiger partial charge in [-0.25, -0.2) is 9.79 Å². The van der Waals surface area contributed by atoms with Gasteiger partial charge in [0.2, 0.25) is 11.9 Å². The molecule has 8 N–H and O–H groups in total. The van der Waals surface area contributed by atoms with Crippen LogP contribution in [0.25, 0.3) is 0 Å². The van der Waals surface area contributed by atoms with Gasteiger partial charge < -0.3 is 27.0 Å². The zero-order chi connectivity index (χ0) is 20.6. The first-order valence-corrected chi connectivity index (χ1v) is 8.52. The van der Waals surface area contributed by atoms with Crippen molar-refractivity contribution in [3.63, 3.8) is 0 Å². The second kappa shape index (κ2) is 10.3. The van der Waals surface area contributed by atoms with Crippen molar-refractivity contribution in [2.45, 2.75) is 31.3 Å². The predicted octanol–water partition coefficient (Wildman–Crippen LogP) is -2.66. The van der Waals surface area contributed by atoms with Gasteiger partial charge in [0.05, 0.1) is 6.54 Å². The monoisotopic (exact) mass is 383 g/mol. The van der Waals surface area contributed by atoms with E-state index in [4.69, 9.17) is 17.2 Å². The lowest BCUT2D eigenvalue weighted by Crippen LogP contribution is -2.58. The third-order valence-corrected chi connectivity index (χ3v) is 3.92. The van der Waals surface area contributed by atoms with Crippen LogP contribution in [0.3, 0.4) is 0 Å². The Morgan fingerprint density at radius 2 is 2.04 bits per heavy atom. The van der Waals surface area contributed by atoms with E-state index in [1.54, 1.807) is 14.1 Å². The topological polar surface area (TPSA) is 185 Å². The van der Waals surface area contributed by atoms with Gasteiger partial charge in [0.1, 0.15) is 6.04 Å². The molecule has 0 saturated heterocycles. The molecule has 27 heavy (non-hydrogen) atoms. The molecule has 0 saturated carbocycles. The number of urea groups is 1. The van der Waals surface area contributed by atoms with Gasteiger partial charge in [-0.1, -0.05) is 0 Å². The molecule has 0 aliphatic carbocycles. The molecule has 1 aliphatic rings. The van der Waals surface area contributed by atoms with Crippen LogP contribution in [0.4, 0.5) is 4.79 Å². The highest BCUT2D eigenvalue weighted by atomic mass is 16.2. The highest BCUT2D eigenvalue weighted by Gasteiger charge is 2.31. The first-order valence-electron chi connectivity index (χ1n) is 8.52. The zero-order valence-electron chi connectivity index (χ0n) is 15.9. The SMILES string of the molecule is CN(C)C(=O)NC1=NCC(N(C)C(=O)C[C@@H](N)CCCN=C(N)N)C(=O)N1. The van der Waals surface area contributed by atoms with Gasteiger partial charge >= 0.3 is 6.03 Å². The van der Waals surface area contributed by atoms with E-state index in [2.05, 4.69) is 20.6 Å². The molecule has 12 nitrogen and oxygen atoms in total. The Bertz CT molecular complexity index is 614. The van der Waals surface area contributed by atoms with Gasteiger partial charge in [-0.15, -0.1) is 0 Å². The maximum atomic E-state index is 12.4. The fraction of sp³-hybridized carbons (Fsp3) is 0.667. The smallest absolute Gasteiger partial charge is 0.323 e. The molecule has 152 valence electrons. The molecule has 0 bridgehead atoms. The lowest BCUT2D eigenvalue weighted by molar-refractivity contribution is -0.138. The number of carbonyl (C=O) groups excluding carboxylic acids is 3. The number of hydrogen-bond acceptors (Lipinski definition) is 6. The van der Waals surface area contributed by atoms with E-state index in [0.717, 1.165) is 0 Å². The van der Waals surface area contributed by atoms with E-state index >= 15 is 0 Å². The second-order valence-corrected chi connectivity index (χ2v) is 6.44. The van der Waals surface area contributed by atoms with E-state index in [0.29, 0.717) is 19.4 Å². The number of nitrogens with zero attached hydrogens (tertiary/aromatic N) is 4. The Labute approximate surface area is 158 Å². The number of guanidine groups is 2. The van der Waals surface area contributed by atoms with Crippen LogP contribution in [0, 0.1) is 0 Å². The van der Waals surface area contributed by atoms with Crippen LogP contribution in [0.15, 0.2) is 9.98 Å². The van der Waals surface area contributed by atoms with Crippen LogP contribution < -0.4 is 27.8 Å². The predicted molar refractivity (Wildman–Crippen MR) is 102 cm³/mol. The highest BCUT2D eigenvalue weighted by molar-refractivity contribution is 6.07. The summed E-state index contributed by atoms with van der Waals surface area (Å²) in [6.07, 6.45) is 1.32. The summed E-state index contributed by atoms with van der Waals surface area (Å²) in [5, 5.41) is 4.94. The van der Waals surface area contributed by atoms with Gasteiger partial charge in [0.15, 0.2) is 5.96 Å². The first kappa shape index (κ1) is 22.2. The van der Waals surface area contributed by atoms with Gasteiger partial charge in [-0.05, 0) is 12.8 Å². The molecule has 0 aromatic heterocycles. The molecule has 0 aromatic carbocycles. The summed E-state index contributed by atoms with van der Waals surface area (Å²) in [5.41, 5.74) is 16.4. The van der Waals surface area contributed by atoms with Crippen LogP contribution in [0.5, 0.6) is 0 Å². The molecule has 1 heterocycles. The molecule has 2 atom stereocenters. The van der Waals surface area contributed by atoms with Crippen LogP contribution in [-0.4, -0.2) is 85.9 Å². The molecule has 0 fully saturated rings. The highest BCUT2D eigenvalue weighted by Crippen LogP contribution is 2.08. The Kier molecular flexibility index (Phi) is 8.45. The van der Waals surface area contributed by atoms with Crippen molar-refractivity contribution in [2.75, 3.05) is 34.2 Å². The molecule has 1 unspecified atom stereocenters. The molecule has 1 rings (SSSR count). The molecule has 0 aromatic rings. The van der Waals surface area contributed by atoms with Gasteiger partial charge in [-0.2, -0.15) is 0 Å². The lowest BCUT2D eigenvalue weighted by atomic mass is 10.1. The minimum absolute atomic E-state index is 0.0180. The molecule has 1 aliphatic heterocycles. The van der Waals surface area contributed by atoms with E-state index in [1.807, 2.05) is 0 Å². The quantitative estimate of drug-likeness (QED) is 0.181. The summed E-state index contributed by atoms with van der Waals surface area (Å²) in [7, 11) is 4.66. The molecular weight excluding hydrogens is 354 g/mol. The van der Waals surface area contributed by atoms with Crippen molar-refractivity contribution in [2.24, 2.45) is 27.2 Å². The van der Waals surface area contributed by atoms with Gasteiger partial charge in [-0.3, -0.25) is 25.2 Å². The second-order valence-electron chi connectivity index (χ2n) is 6.44. The molecule has 4 amide bonds. The molecule has 12 heteroatoms. The Morgan fingerprint density at radius 3 is 2.59 bits per heavy atom. The van der Waals surface area contributed by atoms with Crippen LogP contribution in [0.2, 0.25) is 0 Å². The lowest BCUT2D eigenvalue weighted by Gasteiger charge is -2.30. The number of nitrogens with two attached hydrogens (primary N) is 3. The Hall–Kier alpha value is -2.89. The number of likely N-dealkylation sites (N-methyl/N-ethyl adjacent to an activating group) is 1. The largest absolute Gasteiger partial charge is 0.370 e. The first-order chi connectivity index (χ1) is 12.6. The van der Waals surface area contributed by atoms with Gasteiger partial charge in [0, 0.05) is 40.2 Å². The maximum Gasteiger partial charge on any atom is 0.323 e. The third kappa shape index (κ3) is 7.48. The zero-order valence-corrected chi connectivity index (χ0v) is 15.9. The van der Waals surface area contributed by atoms with Crippen molar-refractivity contribution >= 4 is 29.8 Å². The van der Waals surface area contributed by atoms with Crippen LogP contribution >= 0.6 is 0 Å². The van der Waals surface area contributed by atoms with Crippen molar-refractivity contribution in [3.8, 4) is 0 Å². The number of nitrogens with one attached hydrogen (secondary N) is 2. The van der Waals surface area contributed by atoms with Crippen LogP contribution in [0.1, 0.15) is 19.3 Å². The molecule has 0 radical (unpaired) electrons. The molecular formula is C15H29N9O3. The minimum Gasteiger partial charge on any atom is -0.370 e. The average molecular weight is 383 g/mol. The fourth-order valence-corrected chi connectivity index (χ4v) is 2.29. The van der Waals surface area contributed by atoms with Crippen LogP contribution in [-0.2, 0) is 9.59 Å².